The van der Waals surface area contributed by atoms with E-state index in [9.17, 15) is 29.2 Å². The Balaban J connectivity index is 1.23. The van der Waals surface area contributed by atoms with Crippen molar-refractivity contribution in [3.05, 3.63) is 51.7 Å². The van der Waals surface area contributed by atoms with Crippen molar-refractivity contribution in [1.82, 2.24) is 15.5 Å². The lowest BCUT2D eigenvalue weighted by Crippen LogP contribution is -2.52. The number of halogens is 1. The van der Waals surface area contributed by atoms with Gasteiger partial charge in [-0.15, -0.1) is 0 Å². The maximum Gasteiger partial charge on any atom is 0.450 e. The molecular weight excluding hydrogens is 499 g/mol. The van der Waals surface area contributed by atoms with Crippen LogP contribution in [0.25, 0.3) is 0 Å². The van der Waals surface area contributed by atoms with Gasteiger partial charge in [0.1, 0.15) is 11.9 Å². The number of phenolic OH excluding ortho intramolecular Hbond substituents is 1. The fourth-order valence-electron chi connectivity index (χ4n) is 4.24. The third-order valence-corrected chi connectivity index (χ3v) is 7.00. The second-order valence-corrected chi connectivity index (χ2v) is 9.18. The Kier molecular flexibility index (Phi) is 5.96. The number of amides is 4. The number of rotatable bonds is 5. The smallest absolute Gasteiger partial charge is 0.450 e. The molecule has 0 spiro atoms. The number of carbonyl (C=O) groups excluding carboxylic acids is 4. The zero-order valence-corrected chi connectivity index (χ0v) is 19.2. The van der Waals surface area contributed by atoms with Gasteiger partial charge in [0.05, 0.1) is 15.2 Å². The fourth-order valence-corrected chi connectivity index (χ4v) is 5.12. The first kappa shape index (κ1) is 23.5. The molecule has 0 aromatic heterocycles. The molecule has 1 unspecified atom stereocenters. The lowest BCUT2D eigenvalue weighted by atomic mass is 10.0. The topological polar surface area (TPSA) is 154 Å². The highest BCUT2D eigenvalue weighted by atomic mass is 32.2. The van der Waals surface area contributed by atoms with E-state index in [1.54, 1.807) is 0 Å². The molecule has 3 aliphatic rings. The lowest BCUT2D eigenvalue weighted by Gasteiger charge is -2.29. The first-order valence-electron chi connectivity index (χ1n) is 10.7. The number of hydrogen-bond donors (Lipinski definition) is 3. The largest absolute Gasteiger partial charge is 0.504 e. The maximum absolute atomic E-state index is 15.2. The summed E-state index contributed by atoms with van der Waals surface area (Å²) in [5.41, 5.74) is 0.179. The Hall–Kier alpha value is -4.20. The van der Waals surface area contributed by atoms with Gasteiger partial charge in [0.15, 0.2) is 5.75 Å². The Morgan fingerprint density at radius 1 is 1.28 bits per heavy atom. The quantitative estimate of drug-likeness (QED) is 0.234. The lowest BCUT2D eigenvalue weighted by molar-refractivity contribution is -0.439. The van der Waals surface area contributed by atoms with Gasteiger partial charge in [0.25, 0.3) is 11.7 Å². The van der Waals surface area contributed by atoms with Crippen molar-refractivity contribution in [2.75, 3.05) is 5.88 Å². The first-order chi connectivity index (χ1) is 17.2. The van der Waals surface area contributed by atoms with E-state index in [1.807, 2.05) is 0 Å². The highest BCUT2D eigenvalue weighted by molar-refractivity contribution is 7.99. The highest BCUT2D eigenvalue weighted by Crippen LogP contribution is 2.47. The minimum absolute atomic E-state index is 0.0147. The molecule has 36 heavy (non-hydrogen) atoms. The summed E-state index contributed by atoms with van der Waals surface area (Å²) in [5, 5.41) is 14.4. The summed E-state index contributed by atoms with van der Waals surface area (Å²) in [5.74, 6) is -3.22. The predicted octanol–water partition coefficient (Wildman–Crippen LogP) is 1.99. The predicted molar refractivity (Wildman–Crippen MR) is 119 cm³/mol. The molecule has 0 radical (unpaired) electrons. The van der Waals surface area contributed by atoms with Crippen LogP contribution in [0.4, 0.5) is 14.9 Å². The molecule has 12 nitrogen and oxygen atoms in total. The molecule has 2 aromatic rings. The number of nitrogens with one attached hydrogen (secondary N) is 2. The van der Waals surface area contributed by atoms with E-state index in [-0.39, 0.29) is 54.4 Å². The molecule has 14 heteroatoms. The van der Waals surface area contributed by atoms with Gasteiger partial charge < -0.3 is 15.3 Å². The molecule has 0 bridgehead atoms. The van der Waals surface area contributed by atoms with Crippen LogP contribution >= 0.6 is 11.8 Å². The van der Waals surface area contributed by atoms with Gasteiger partial charge >= 0.3 is 11.8 Å². The van der Waals surface area contributed by atoms with Gasteiger partial charge in [-0.1, -0.05) is 12.1 Å². The van der Waals surface area contributed by atoms with Crippen LogP contribution in [0.3, 0.4) is 0 Å². The molecule has 2 aromatic carbocycles. The van der Waals surface area contributed by atoms with Crippen LogP contribution in [0.1, 0.15) is 34.3 Å². The SMILES string of the molecule is O=C1CCC(N2Cc3ccc(CNC(=O)OOc4c(O)ccc5c4[N+](=O)CS5)c(F)c3C2=O)C(=O)N1. The number of carbonyl (C=O) groups is 4. The Bertz CT molecular complexity index is 1350. The third-order valence-electron chi connectivity index (χ3n) is 5.99. The summed E-state index contributed by atoms with van der Waals surface area (Å²) in [6.07, 6.45) is -0.908. The minimum atomic E-state index is -1.13. The van der Waals surface area contributed by atoms with Crippen molar-refractivity contribution in [3.63, 3.8) is 0 Å². The van der Waals surface area contributed by atoms with Crippen molar-refractivity contribution in [2.24, 2.45) is 0 Å². The Morgan fingerprint density at radius 2 is 2.08 bits per heavy atom. The average molecular weight is 517 g/mol. The van der Waals surface area contributed by atoms with Gasteiger partial charge in [0.2, 0.25) is 17.7 Å². The molecule has 1 fully saturated rings. The molecule has 3 N–H and O–H groups in total. The molecule has 5 rings (SSSR count). The van der Waals surface area contributed by atoms with Crippen molar-refractivity contribution < 1.29 is 43.2 Å². The molecule has 186 valence electrons. The minimum Gasteiger partial charge on any atom is -0.504 e. The van der Waals surface area contributed by atoms with E-state index in [4.69, 9.17) is 4.89 Å². The summed E-state index contributed by atoms with van der Waals surface area (Å²) in [7, 11) is 0. The van der Waals surface area contributed by atoms with Crippen molar-refractivity contribution >= 4 is 41.3 Å². The summed E-state index contributed by atoms with van der Waals surface area (Å²) < 4.78 is 15.7. The van der Waals surface area contributed by atoms with Crippen molar-refractivity contribution in [2.45, 2.75) is 36.9 Å². The number of fused-ring (bicyclic) bond motifs is 2. The average Bonchev–Trinajstić information content (AvgIpc) is 3.38. The summed E-state index contributed by atoms with van der Waals surface area (Å²) >= 11 is 1.22. The van der Waals surface area contributed by atoms with Crippen molar-refractivity contribution in [3.8, 4) is 11.5 Å². The van der Waals surface area contributed by atoms with E-state index in [0.717, 1.165) is 0 Å². The van der Waals surface area contributed by atoms with E-state index in [0.29, 0.717) is 15.2 Å². The van der Waals surface area contributed by atoms with Crippen LogP contribution in [-0.4, -0.2) is 50.5 Å². The molecule has 3 aliphatic heterocycles. The molecule has 0 saturated carbocycles. The Morgan fingerprint density at radius 3 is 2.86 bits per heavy atom. The zero-order chi connectivity index (χ0) is 25.6. The van der Waals surface area contributed by atoms with Gasteiger partial charge in [-0.3, -0.25) is 24.6 Å². The van der Waals surface area contributed by atoms with E-state index >= 15 is 4.39 Å². The highest BCUT2D eigenvalue weighted by Gasteiger charge is 2.41. The first-order valence-corrected chi connectivity index (χ1v) is 11.7. The molecular formula is C22H18FN4O8S+. The van der Waals surface area contributed by atoms with Crippen LogP contribution in [0.5, 0.6) is 11.5 Å². The number of benzene rings is 2. The Labute approximate surface area is 206 Å². The van der Waals surface area contributed by atoms with Gasteiger partial charge in [-0.2, -0.15) is 0 Å². The zero-order valence-electron chi connectivity index (χ0n) is 18.4. The van der Waals surface area contributed by atoms with Crippen LogP contribution in [0.15, 0.2) is 29.2 Å². The van der Waals surface area contributed by atoms with Crippen LogP contribution in [0, 0.1) is 10.7 Å². The van der Waals surface area contributed by atoms with Gasteiger partial charge in [-0.25, -0.2) is 14.1 Å². The molecule has 3 heterocycles. The number of imide groups is 1. The normalized spacial score (nSPS) is 18.6. The van der Waals surface area contributed by atoms with Gasteiger partial charge in [-0.05, 0) is 35.9 Å². The summed E-state index contributed by atoms with van der Waals surface area (Å²) in [6.45, 7) is -0.351. The van der Waals surface area contributed by atoms with Crippen LogP contribution in [-0.2, 0) is 27.6 Å². The molecule has 1 atom stereocenters. The molecule has 4 amide bonds. The number of nitrogens with zero attached hydrogens (tertiary/aromatic N) is 2. The van der Waals surface area contributed by atoms with E-state index in [2.05, 4.69) is 15.5 Å². The number of thioether (sulfide) groups is 1. The number of phenols is 1. The fraction of sp³-hybridized carbons (Fsp3) is 0.273. The number of nitroso groups, excluding NO2 is 1. The number of hydrogen-bond acceptors (Lipinski definition) is 9. The summed E-state index contributed by atoms with van der Waals surface area (Å²) in [6, 6.07) is 4.84. The maximum atomic E-state index is 15.2. The second kappa shape index (κ2) is 9.11. The standard InChI is InChI=1S/C22H17FN4O8S/c23-17-10(1-2-11-8-26(21(31)16(11)17)12-3-6-15(29)25-20(12)30)7-24-22(32)35-34-19-13(28)4-5-14-18(19)27(33)9-36-14/h1-2,4-5,12H,3,6-9H2,(H2-,24,25,28,29,30,32)/p+1. The second-order valence-electron chi connectivity index (χ2n) is 8.19. The van der Waals surface area contributed by atoms with Gasteiger partial charge in [0, 0.05) is 30.0 Å². The third kappa shape index (κ3) is 4.08. The van der Waals surface area contributed by atoms with E-state index < -0.39 is 41.4 Å². The number of aromatic hydroxyl groups is 1. The van der Waals surface area contributed by atoms with Crippen LogP contribution < -0.4 is 15.5 Å². The van der Waals surface area contributed by atoms with Crippen molar-refractivity contribution in [1.29, 1.82) is 0 Å². The monoisotopic (exact) mass is 517 g/mol. The van der Waals surface area contributed by atoms with E-state index in [1.165, 1.54) is 40.9 Å². The van der Waals surface area contributed by atoms with Crippen LogP contribution in [0.2, 0.25) is 0 Å². The molecule has 0 aliphatic carbocycles. The molecule has 1 saturated heterocycles. The summed E-state index contributed by atoms with van der Waals surface area (Å²) in [4.78, 5) is 71.7. The number of piperidine rings is 1.